The molecule has 3 nitrogen and oxygen atoms in total. The Morgan fingerprint density at radius 1 is 1.57 bits per heavy atom. The van der Waals surface area contributed by atoms with Crippen LogP contribution in [0.4, 0.5) is 13.2 Å². The maximum absolute atomic E-state index is 12.1. The average molecular weight is 204 g/mol. The van der Waals surface area contributed by atoms with E-state index >= 15 is 0 Å². The van der Waals surface area contributed by atoms with Gasteiger partial charge in [-0.3, -0.25) is 0 Å². The minimum Gasteiger partial charge on any atom is -0.459 e. The number of nitrogens with zero attached hydrogens (tertiary/aromatic N) is 1. The van der Waals surface area contributed by atoms with E-state index in [2.05, 4.69) is 4.42 Å². The Kier molecular flexibility index (Phi) is 2.81. The van der Waals surface area contributed by atoms with Crippen LogP contribution in [0.25, 0.3) is 0 Å². The van der Waals surface area contributed by atoms with E-state index < -0.39 is 18.0 Å². The molecule has 0 unspecified atom stereocenters. The lowest BCUT2D eigenvalue weighted by molar-refractivity contribution is -0.153. The van der Waals surface area contributed by atoms with Crippen molar-refractivity contribution in [2.45, 2.75) is 18.6 Å². The first-order valence-electron chi connectivity index (χ1n) is 3.73. The van der Waals surface area contributed by atoms with Gasteiger partial charge in [0.05, 0.1) is 18.8 Å². The fourth-order valence-corrected chi connectivity index (χ4v) is 0.910. The third-order valence-electron chi connectivity index (χ3n) is 1.64. The second-order valence-corrected chi connectivity index (χ2v) is 2.71. The van der Waals surface area contributed by atoms with E-state index in [0.717, 1.165) is 12.3 Å². The average Bonchev–Trinajstić information content (AvgIpc) is 2.51. The monoisotopic (exact) mass is 204 g/mol. The highest BCUT2D eigenvalue weighted by Crippen LogP contribution is 2.32. The summed E-state index contributed by atoms with van der Waals surface area (Å²) < 4.78 is 40.4. The number of nitriles is 1. The SMILES string of the molecule is N#CC[C@H](N)c1coc(C(F)(F)F)c1. The molecule has 14 heavy (non-hydrogen) atoms. The minimum absolute atomic E-state index is 0.0448. The second-order valence-electron chi connectivity index (χ2n) is 2.71. The van der Waals surface area contributed by atoms with E-state index in [4.69, 9.17) is 11.0 Å². The Hall–Kier alpha value is -1.48. The third kappa shape index (κ3) is 2.26. The molecule has 0 aliphatic rings. The summed E-state index contributed by atoms with van der Waals surface area (Å²) in [7, 11) is 0. The summed E-state index contributed by atoms with van der Waals surface area (Å²) in [6.07, 6.45) is -3.63. The number of rotatable bonds is 2. The Morgan fingerprint density at radius 3 is 2.64 bits per heavy atom. The second kappa shape index (κ2) is 3.72. The molecule has 0 saturated heterocycles. The summed E-state index contributed by atoms with van der Waals surface area (Å²) in [5.74, 6) is -1.10. The van der Waals surface area contributed by atoms with Crippen LogP contribution in [-0.2, 0) is 6.18 Å². The van der Waals surface area contributed by atoms with Gasteiger partial charge in [-0.15, -0.1) is 0 Å². The summed E-state index contributed by atoms with van der Waals surface area (Å²) in [5, 5.41) is 8.28. The Bertz CT molecular complexity index is 350. The van der Waals surface area contributed by atoms with E-state index in [1.165, 1.54) is 0 Å². The number of halogens is 3. The van der Waals surface area contributed by atoms with E-state index in [1.54, 1.807) is 6.07 Å². The molecular formula is C8H7F3N2O. The van der Waals surface area contributed by atoms with E-state index in [0.29, 0.717) is 0 Å². The summed E-state index contributed by atoms with van der Waals surface area (Å²) in [4.78, 5) is 0. The third-order valence-corrected chi connectivity index (χ3v) is 1.64. The summed E-state index contributed by atoms with van der Waals surface area (Å²) in [5.41, 5.74) is 5.59. The topological polar surface area (TPSA) is 63.0 Å². The lowest BCUT2D eigenvalue weighted by atomic mass is 10.1. The van der Waals surface area contributed by atoms with Gasteiger partial charge < -0.3 is 10.2 Å². The molecule has 0 spiro atoms. The Labute approximate surface area is 77.9 Å². The lowest BCUT2D eigenvalue weighted by Crippen LogP contribution is -2.08. The van der Waals surface area contributed by atoms with Gasteiger partial charge in [0.2, 0.25) is 5.76 Å². The molecule has 76 valence electrons. The van der Waals surface area contributed by atoms with Gasteiger partial charge in [-0.05, 0) is 6.07 Å². The molecular weight excluding hydrogens is 197 g/mol. The zero-order valence-electron chi connectivity index (χ0n) is 7.01. The smallest absolute Gasteiger partial charge is 0.449 e. The van der Waals surface area contributed by atoms with Gasteiger partial charge in [0, 0.05) is 11.6 Å². The minimum atomic E-state index is -4.51. The lowest BCUT2D eigenvalue weighted by Gasteiger charge is -2.02. The van der Waals surface area contributed by atoms with Crippen molar-refractivity contribution in [3.8, 4) is 6.07 Å². The summed E-state index contributed by atoms with van der Waals surface area (Å²) in [6.45, 7) is 0. The van der Waals surface area contributed by atoms with Crippen molar-refractivity contribution in [1.29, 1.82) is 5.26 Å². The van der Waals surface area contributed by atoms with Crippen LogP contribution in [-0.4, -0.2) is 0 Å². The van der Waals surface area contributed by atoms with Gasteiger partial charge in [0.15, 0.2) is 0 Å². The highest BCUT2D eigenvalue weighted by atomic mass is 19.4. The number of nitrogens with two attached hydrogens (primary N) is 1. The first kappa shape index (κ1) is 10.6. The van der Waals surface area contributed by atoms with Crippen LogP contribution < -0.4 is 5.73 Å². The summed E-state index contributed by atoms with van der Waals surface area (Å²) in [6, 6.07) is 1.84. The molecule has 0 aliphatic carbocycles. The van der Waals surface area contributed by atoms with Gasteiger partial charge in [-0.1, -0.05) is 0 Å². The van der Waals surface area contributed by atoms with Crippen LogP contribution in [0.2, 0.25) is 0 Å². The molecule has 0 saturated carbocycles. The molecule has 1 rings (SSSR count). The fraction of sp³-hybridized carbons (Fsp3) is 0.375. The first-order chi connectivity index (χ1) is 6.45. The molecule has 1 atom stereocenters. The van der Waals surface area contributed by atoms with Crippen LogP contribution in [0, 0.1) is 11.3 Å². The molecule has 1 aromatic rings. The largest absolute Gasteiger partial charge is 0.459 e. The van der Waals surface area contributed by atoms with Crippen molar-refractivity contribution >= 4 is 0 Å². The predicted octanol–water partition coefficient (Wildman–Crippen LogP) is 2.21. The summed E-state index contributed by atoms with van der Waals surface area (Å²) >= 11 is 0. The van der Waals surface area contributed by atoms with Gasteiger partial charge in [0.1, 0.15) is 0 Å². The zero-order chi connectivity index (χ0) is 10.8. The molecule has 6 heteroatoms. The maximum atomic E-state index is 12.1. The van der Waals surface area contributed by atoms with Gasteiger partial charge >= 0.3 is 6.18 Å². The standard InChI is InChI=1S/C8H7F3N2O/c9-8(10,11)7-3-5(4-14-7)6(13)1-2-12/h3-4,6H,1,13H2/t6-/m0/s1. The Morgan fingerprint density at radius 2 is 2.21 bits per heavy atom. The van der Waals surface area contributed by atoms with Crippen LogP contribution in [0.3, 0.4) is 0 Å². The molecule has 0 aromatic carbocycles. The van der Waals surface area contributed by atoms with Crippen molar-refractivity contribution in [2.75, 3.05) is 0 Å². The van der Waals surface area contributed by atoms with Gasteiger partial charge in [-0.2, -0.15) is 18.4 Å². The number of alkyl halides is 3. The van der Waals surface area contributed by atoms with E-state index in [-0.39, 0.29) is 12.0 Å². The quantitative estimate of drug-likeness (QED) is 0.803. The van der Waals surface area contributed by atoms with Crippen molar-refractivity contribution in [3.63, 3.8) is 0 Å². The van der Waals surface area contributed by atoms with Gasteiger partial charge in [0.25, 0.3) is 0 Å². The molecule has 0 radical (unpaired) electrons. The van der Waals surface area contributed by atoms with Crippen molar-refractivity contribution in [2.24, 2.45) is 5.73 Å². The molecule has 0 aliphatic heterocycles. The van der Waals surface area contributed by atoms with Crippen molar-refractivity contribution in [1.82, 2.24) is 0 Å². The molecule has 1 heterocycles. The van der Waals surface area contributed by atoms with Crippen LogP contribution in [0.1, 0.15) is 23.8 Å². The van der Waals surface area contributed by atoms with Crippen LogP contribution in [0.15, 0.2) is 16.7 Å². The van der Waals surface area contributed by atoms with Crippen molar-refractivity contribution in [3.05, 3.63) is 23.7 Å². The molecule has 0 bridgehead atoms. The molecule has 0 fully saturated rings. The van der Waals surface area contributed by atoms with E-state index in [9.17, 15) is 13.2 Å². The number of hydrogen-bond acceptors (Lipinski definition) is 3. The fourth-order valence-electron chi connectivity index (χ4n) is 0.910. The molecule has 1 aromatic heterocycles. The first-order valence-corrected chi connectivity index (χ1v) is 3.73. The zero-order valence-corrected chi connectivity index (χ0v) is 7.01. The van der Waals surface area contributed by atoms with Gasteiger partial charge in [-0.25, -0.2) is 0 Å². The van der Waals surface area contributed by atoms with Crippen molar-refractivity contribution < 1.29 is 17.6 Å². The maximum Gasteiger partial charge on any atom is 0.449 e. The normalized spacial score (nSPS) is 13.6. The highest BCUT2D eigenvalue weighted by Gasteiger charge is 2.35. The van der Waals surface area contributed by atoms with E-state index in [1.807, 2.05) is 0 Å². The number of furan rings is 1. The van der Waals surface area contributed by atoms with Crippen LogP contribution >= 0.6 is 0 Å². The van der Waals surface area contributed by atoms with Crippen LogP contribution in [0.5, 0.6) is 0 Å². The Balaban J connectivity index is 2.84. The molecule has 0 amide bonds. The number of hydrogen-bond donors (Lipinski definition) is 1. The molecule has 2 N–H and O–H groups in total. The predicted molar refractivity (Wildman–Crippen MR) is 40.9 cm³/mol. The highest BCUT2D eigenvalue weighted by molar-refractivity contribution is 5.19.